The summed E-state index contributed by atoms with van der Waals surface area (Å²) in [6.07, 6.45) is 6.56. The summed E-state index contributed by atoms with van der Waals surface area (Å²) >= 11 is 0. The molecule has 0 amide bonds. The summed E-state index contributed by atoms with van der Waals surface area (Å²) < 4.78 is 0. The van der Waals surface area contributed by atoms with Crippen LogP contribution in [0.3, 0.4) is 0 Å². The van der Waals surface area contributed by atoms with Gasteiger partial charge in [0.2, 0.25) is 0 Å². The van der Waals surface area contributed by atoms with Crippen molar-refractivity contribution in [2.45, 2.75) is 60.8 Å². The molecule has 0 nitrogen and oxygen atoms in total. The van der Waals surface area contributed by atoms with Crippen LogP contribution in [0.25, 0.3) is 0 Å². The number of hydrogen-bond donors (Lipinski definition) is 0. The molecule has 0 saturated heterocycles. The second-order valence-electron chi connectivity index (χ2n) is 5.23. The predicted molar refractivity (Wildman–Crippen MR) is 66.2 cm³/mol. The molecule has 0 aromatic carbocycles. The Bertz CT molecular complexity index is 126. The third kappa shape index (κ3) is 5.67. The maximum Gasteiger partial charge on any atom is -0.0324 e. The Labute approximate surface area is 91.5 Å². The van der Waals surface area contributed by atoms with E-state index in [2.05, 4.69) is 48.0 Å². The van der Waals surface area contributed by atoms with Crippen molar-refractivity contribution in [1.29, 1.82) is 0 Å². The first-order chi connectivity index (χ1) is 6.51. The third-order valence-electron chi connectivity index (χ3n) is 3.42. The molecule has 0 aromatic heterocycles. The van der Waals surface area contributed by atoms with Crippen molar-refractivity contribution in [2.75, 3.05) is 0 Å². The standard InChI is InChI=1S/C14H29/c1-7-12(5)13(6)10-14(8-2)9-11(3)4/h10-14H,7-9H2,1-6H3. The van der Waals surface area contributed by atoms with E-state index >= 15 is 0 Å². The summed E-state index contributed by atoms with van der Waals surface area (Å²) in [6, 6.07) is 0. The summed E-state index contributed by atoms with van der Waals surface area (Å²) in [7, 11) is 0. The lowest BCUT2D eigenvalue weighted by molar-refractivity contribution is 0.346. The van der Waals surface area contributed by atoms with Crippen LogP contribution in [-0.2, 0) is 0 Å². The smallest absolute Gasteiger partial charge is 0.0324 e. The number of hydrogen-bond acceptors (Lipinski definition) is 0. The quantitative estimate of drug-likeness (QED) is 0.542. The van der Waals surface area contributed by atoms with Gasteiger partial charge in [-0.05, 0) is 36.5 Å². The molecule has 0 fully saturated rings. The van der Waals surface area contributed by atoms with E-state index in [1.807, 2.05) is 0 Å². The van der Waals surface area contributed by atoms with Crippen molar-refractivity contribution in [1.82, 2.24) is 0 Å². The Kier molecular flexibility index (Phi) is 7.31. The molecular weight excluding hydrogens is 168 g/mol. The maximum absolute atomic E-state index is 2.59. The van der Waals surface area contributed by atoms with E-state index in [4.69, 9.17) is 0 Å². The highest BCUT2D eigenvalue weighted by Gasteiger charge is 2.16. The summed E-state index contributed by atoms with van der Waals surface area (Å²) in [5, 5.41) is 0. The molecule has 0 bridgehead atoms. The number of rotatable bonds is 7. The van der Waals surface area contributed by atoms with E-state index in [1.165, 1.54) is 19.3 Å². The van der Waals surface area contributed by atoms with E-state index in [9.17, 15) is 0 Å². The molecule has 1 radical (unpaired) electrons. The van der Waals surface area contributed by atoms with Gasteiger partial charge in [0, 0.05) is 0 Å². The van der Waals surface area contributed by atoms with E-state index in [1.54, 1.807) is 0 Å². The molecule has 14 heavy (non-hydrogen) atoms. The lowest BCUT2D eigenvalue weighted by Gasteiger charge is -2.24. The van der Waals surface area contributed by atoms with Crippen molar-refractivity contribution < 1.29 is 0 Å². The minimum absolute atomic E-state index is 0.781. The van der Waals surface area contributed by atoms with Gasteiger partial charge in [-0.25, -0.2) is 0 Å². The first kappa shape index (κ1) is 14.0. The molecule has 0 heterocycles. The Morgan fingerprint density at radius 2 is 1.50 bits per heavy atom. The fourth-order valence-corrected chi connectivity index (χ4v) is 1.98. The molecule has 0 spiro atoms. The van der Waals surface area contributed by atoms with Gasteiger partial charge >= 0.3 is 0 Å². The van der Waals surface area contributed by atoms with Gasteiger partial charge in [-0.3, -0.25) is 0 Å². The van der Waals surface area contributed by atoms with Gasteiger partial charge < -0.3 is 0 Å². The lowest BCUT2D eigenvalue weighted by atomic mass is 9.81. The van der Waals surface area contributed by atoms with Crippen molar-refractivity contribution in [3.8, 4) is 0 Å². The lowest BCUT2D eigenvalue weighted by Crippen LogP contribution is -2.15. The molecule has 3 unspecified atom stereocenters. The van der Waals surface area contributed by atoms with Crippen LogP contribution in [0.2, 0.25) is 0 Å². The SMILES string of the molecule is CCC([CH]C(C)C(C)CC)CC(C)C. The average Bonchev–Trinajstić information content (AvgIpc) is 2.14. The second kappa shape index (κ2) is 7.31. The first-order valence-electron chi connectivity index (χ1n) is 6.36. The molecule has 0 heteroatoms. The maximum atomic E-state index is 2.59. The highest BCUT2D eigenvalue weighted by molar-refractivity contribution is 4.83. The minimum atomic E-state index is 0.781. The molecule has 85 valence electrons. The van der Waals surface area contributed by atoms with E-state index < -0.39 is 0 Å². The molecule has 0 aliphatic rings. The van der Waals surface area contributed by atoms with Gasteiger partial charge in [0.25, 0.3) is 0 Å². The van der Waals surface area contributed by atoms with Crippen LogP contribution in [0, 0.1) is 30.1 Å². The van der Waals surface area contributed by atoms with Crippen LogP contribution >= 0.6 is 0 Å². The van der Waals surface area contributed by atoms with Gasteiger partial charge in [-0.1, -0.05) is 54.4 Å². The largest absolute Gasteiger partial charge is 0.0651 e. The van der Waals surface area contributed by atoms with E-state index in [-0.39, 0.29) is 0 Å². The molecular formula is C14H29. The summed E-state index contributed by atoms with van der Waals surface area (Å²) in [4.78, 5) is 0. The first-order valence-corrected chi connectivity index (χ1v) is 6.36. The Morgan fingerprint density at radius 1 is 0.929 bits per heavy atom. The van der Waals surface area contributed by atoms with Crippen LogP contribution in [0.1, 0.15) is 60.8 Å². The zero-order valence-corrected chi connectivity index (χ0v) is 11.0. The van der Waals surface area contributed by atoms with Crippen LogP contribution in [0.4, 0.5) is 0 Å². The Hall–Kier alpha value is 0. The van der Waals surface area contributed by atoms with Gasteiger partial charge in [-0.2, -0.15) is 0 Å². The van der Waals surface area contributed by atoms with Crippen molar-refractivity contribution in [3.63, 3.8) is 0 Å². The topological polar surface area (TPSA) is 0 Å². The Balaban J connectivity index is 3.91. The summed E-state index contributed by atoms with van der Waals surface area (Å²) in [5.74, 6) is 3.29. The zero-order chi connectivity index (χ0) is 11.1. The van der Waals surface area contributed by atoms with Crippen LogP contribution < -0.4 is 0 Å². The zero-order valence-electron chi connectivity index (χ0n) is 11.0. The normalized spacial score (nSPS) is 18.2. The molecule has 0 aromatic rings. The molecule has 0 N–H and O–H groups in total. The van der Waals surface area contributed by atoms with Gasteiger partial charge in [0.05, 0.1) is 0 Å². The van der Waals surface area contributed by atoms with Gasteiger partial charge in [-0.15, -0.1) is 0 Å². The van der Waals surface area contributed by atoms with Crippen LogP contribution in [0.5, 0.6) is 0 Å². The van der Waals surface area contributed by atoms with Crippen LogP contribution in [0.15, 0.2) is 0 Å². The van der Waals surface area contributed by atoms with Crippen molar-refractivity contribution in [2.24, 2.45) is 23.7 Å². The average molecular weight is 197 g/mol. The second-order valence-corrected chi connectivity index (χ2v) is 5.23. The van der Waals surface area contributed by atoms with Crippen LogP contribution in [-0.4, -0.2) is 0 Å². The molecule has 0 saturated carbocycles. The fourth-order valence-electron chi connectivity index (χ4n) is 1.98. The summed E-state index contributed by atoms with van der Waals surface area (Å²) in [6.45, 7) is 14.0. The molecule has 0 rings (SSSR count). The summed E-state index contributed by atoms with van der Waals surface area (Å²) in [5.41, 5.74) is 0. The van der Waals surface area contributed by atoms with Crippen molar-refractivity contribution in [3.05, 3.63) is 6.42 Å². The highest BCUT2D eigenvalue weighted by atomic mass is 14.2. The monoisotopic (exact) mass is 197 g/mol. The molecule has 3 atom stereocenters. The van der Waals surface area contributed by atoms with E-state index in [0.717, 1.165) is 23.7 Å². The van der Waals surface area contributed by atoms with E-state index in [0.29, 0.717) is 0 Å². The van der Waals surface area contributed by atoms with Gasteiger partial charge in [0.15, 0.2) is 0 Å². The molecule has 0 aliphatic carbocycles. The highest BCUT2D eigenvalue weighted by Crippen LogP contribution is 2.27. The van der Waals surface area contributed by atoms with Crippen molar-refractivity contribution >= 4 is 0 Å². The molecule has 0 aliphatic heterocycles. The fraction of sp³-hybridized carbons (Fsp3) is 0.929. The van der Waals surface area contributed by atoms with Gasteiger partial charge in [0.1, 0.15) is 0 Å². The Morgan fingerprint density at radius 3 is 1.86 bits per heavy atom. The third-order valence-corrected chi connectivity index (χ3v) is 3.42. The minimum Gasteiger partial charge on any atom is -0.0651 e. The predicted octanol–water partition coefficient (Wildman–Crippen LogP) is 4.95.